The zero-order valence-electron chi connectivity index (χ0n) is 12.8. The van der Waals surface area contributed by atoms with Crippen LogP contribution in [-0.2, 0) is 0 Å². The lowest BCUT2D eigenvalue weighted by atomic mass is 9.70. The van der Waals surface area contributed by atoms with Crippen molar-refractivity contribution in [3.8, 4) is 0 Å². The third-order valence-electron chi connectivity index (χ3n) is 5.33. The van der Waals surface area contributed by atoms with E-state index in [2.05, 4.69) is 54.9 Å². The van der Waals surface area contributed by atoms with Gasteiger partial charge in [-0.25, -0.2) is 0 Å². The number of rotatable bonds is 1. The predicted molar refractivity (Wildman–Crippen MR) is 85.1 cm³/mol. The second kappa shape index (κ2) is 4.80. The SMILES string of the molecule is Cc1ccccc1N1C(N)=NCC12CCC(C)C(C)C2. The van der Waals surface area contributed by atoms with E-state index in [-0.39, 0.29) is 5.54 Å². The maximum atomic E-state index is 6.24. The number of hydrogen-bond donors (Lipinski definition) is 1. The highest BCUT2D eigenvalue weighted by molar-refractivity contribution is 5.99. The standard InChI is InChI=1S/C17H25N3/c1-12-8-9-17(10-14(12)3)11-19-16(18)20(17)15-7-5-4-6-13(15)2/h4-7,12,14H,8-11H2,1-3H3,(H2,18,19). The highest BCUT2D eigenvalue weighted by Gasteiger charge is 2.47. The Labute approximate surface area is 121 Å². The molecule has 3 nitrogen and oxygen atoms in total. The first-order valence-corrected chi connectivity index (χ1v) is 7.69. The molecule has 108 valence electrons. The zero-order chi connectivity index (χ0) is 14.3. The van der Waals surface area contributed by atoms with Crippen LogP contribution in [0.4, 0.5) is 5.69 Å². The minimum atomic E-state index is 0.113. The van der Waals surface area contributed by atoms with E-state index < -0.39 is 0 Å². The van der Waals surface area contributed by atoms with Crippen molar-refractivity contribution in [2.24, 2.45) is 22.6 Å². The van der Waals surface area contributed by atoms with Crippen LogP contribution in [0.25, 0.3) is 0 Å². The molecule has 2 N–H and O–H groups in total. The third kappa shape index (κ3) is 2.00. The Balaban J connectivity index is 1.99. The van der Waals surface area contributed by atoms with Crippen molar-refractivity contribution in [1.82, 2.24) is 0 Å². The molecule has 1 saturated carbocycles. The van der Waals surface area contributed by atoms with Gasteiger partial charge in [0.2, 0.25) is 0 Å². The summed E-state index contributed by atoms with van der Waals surface area (Å²) in [5.74, 6) is 2.23. The van der Waals surface area contributed by atoms with Gasteiger partial charge in [0.15, 0.2) is 5.96 Å². The molecule has 20 heavy (non-hydrogen) atoms. The van der Waals surface area contributed by atoms with Gasteiger partial charge in [0, 0.05) is 5.69 Å². The van der Waals surface area contributed by atoms with Gasteiger partial charge in [-0.15, -0.1) is 0 Å². The molecular weight excluding hydrogens is 246 g/mol. The maximum Gasteiger partial charge on any atom is 0.196 e. The number of aryl methyl sites for hydroxylation is 1. The van der Waals surface area contributed by atoms with Crippen molar-refractivity contribution >= 4 is 11.6 Å². The quantitative estimate of drug-likeness (QED) is 0.851. The van der Waals surface area contributed by atoms with Crippen LogP contribution in [0.5, 0.6) is 0 Å². The molecule has 0 saturated heterocycles. The second-order valence-electron chi connectivity index (χ2n) is 6.72. The van der Waals surface area contributed by atoms with E-state index in [1.54, 1.807) is 0 Å². The molecule has 3 heteroatoms. The normalized spacial score (nSPS) is 33.5. The van der Waals surface area contributed by atoms with Gasteiger partial charge >= 0.3 is 0 Å². The molecule has 1 aliphatic heterocycles. The fourth-order valence-corrected chi connectivity index (χ4v) is 3.84. The van der Waals surface area contributed by atoms with Crippen molar-refractivity contribution < 1.29 is 0 Å². The first-order valence-electron chi connectivity index (χ1n) is 7.69. The Hall–Kier alpha value is -1.51. The Morgan fingerprint density at radius 2 is 2.00 bits per heavy atom. The van der Waals surface area contributed by atoms with Crippen LogP contribution in [0.3, 0.4) is 0 Å². The molecule has 1 aromatic rings. The summed E-state index contributed by atoms with van der Waals surface area (Å²) >= 11 is 0. The summed E-state index contributed by atoms with van der Waals surface area (Å²) in [7, 11) is 0. The van der Waals surface area contributed by atoms with Gasteiger partial charge in [0.05, 0.1) is 12.1 Å². The summed E-state index contributed by atoms with van der Waals surface area (Å²) in [6.07, 6.45) is 3.65. The molecule has 3 atom stereocenters. The number of benzene rings is 1. The minimum Gasteiger partial charge on any atom is -0.369 e. The van der Waals surface area contributed by atoms with Crippen molar-refractivity contribution in [3.63, 3.8) is 0 Å². The molecule has 3 unspecified atom stereocenters. The zero-order valence-corrected chi connectivity index (χ0v) is 12.8. The summed E-state index contributed by atoms with van der Waals surface area (Å²) in [5.41, 5.74) is 8.86. The van der Waals surface area contributed by atoms with Crippen LogP contribution in [0.2, 0.25) is 0 Å². The summed E-state index contributed by atoms with van der Waals surface area (Å²) in [6, 6.07) is 8.51. The summed E-state index contributed by atoms with van der Waals surface area (Å²) in [6.45, 7) is 7.75. The van der Waals surface area contributed by atoms with Crippen LogP contribution < -0.4 is 10.6 Å². The monoisotopic (exact) mass is 271 g/mol. The van der Waals surface area contributed by atoms with Gasteiger partial charge in [0.25, 0.3) is 0 Å². The Morgan fingerprint density at radius 3 is 2.70 bits per heavy atom. The van der Waals surface area contributed by atoms with Crippen LogP contribution in [0.1, 0.15) is 38.7 Å². The van der Waals surface area contributed by atoms with E-state index in [1.165, 1.54) is 30.5 Å². The molecule has 1 heterocycles. The summed E-state index contributed by atoms with van der Waals surface area (Å²) in [4.78, 5) is 6.92. The Bertz CT molecular complexity index is 537. The largest absolute Gasteiger partial charge is 0.369 e. The number of nitrogens with zero attached hydrogens (tertiary/aromatic N) is 2. The van der Waals surface area contributed by atoms with Gasteiger partial charge < -0.3 is 10.6 Å². The first kappa shape index (κ1) is 13.5. The van der Waals surface area contributed by atoms with Gasteiger partial charge in [-0.3, -0.25) is 4.99 Å². The molecule has 0 aromatic heterocycles. The number of hydrogen-bond acceptors (Lipinski definition) is 3. The number of anilines is 1. The molecule has 3 rings (SSSR count). The molecule has 1 aliphatic carbocycles. The Kier molecular flexibility index (Phi) is 3.23. The number of para-hydroxylation sites is 1. The van der Waals surface area contributed by atoms with Gasteiger partial charge in [-0.05, 0) is 49.7 Å². The maximum absolute atomic E-state index is 6.24. The van der Waals surface area contributed by atoms with Crippen LogP contribution >= 0.6 is 0 Å². The van der Waals surface area contributed by atoms with Crippen molar-refractivity contribution in [2.75, 3.05) is 11.4 Å². The fraction of sp³-hybridized carbons (Fsp3) is 0.588. The average molecular weight is 271 g/mol. The molecule has 2 aliphatic rings. The molecule has 1 aromatic carbocycles. The van der Waals surface area contributed by atoms with Crippen molar-refractivity contribution in [1.29, 1.82) is 0 Å². The van der Waals surface area contributed by atoms with Gasteiger partial charge in [-0.1, -0.05) is 32.0 Å². The molecule has 0 amide bonds. The van der Waals surface area contributed by atoms with Gasteiger partial charge in [0.1, 0.15) is 0 Å². The fourth-order valence-electron chi connectivity index (χ4n) is 3.84. The first-order chi connectivity index (χ1) is 9.53. The predicted octanol–water partition coefficient (Wildman–Crippen LogP) is 3.32. The van der Waals surface area contributed by atoms with Crippen LogP contribution in [-0.4, -0.2) is 18.0 Å². The van der Waals surface area contributed by atoms with Crippen LogP contribution in [0.15, 0.2) is 29.3 Å². The van der Waals surface area contributed by atoms with E-state index in [1.807, 2.05) is 0 Å². The lowest BCUT2D eigenvalue weighted by Gasteiger charge is -2.46. The smallest absolute Gasteiger partial charge is 0.196 e. The highest BCUT2D eigenvalue weighted by Crippen LogP contribution is 2.44. The van der Waals surface area contributed by atoms with E-state index in [0.717, 1.165) is 18.4 Å². The molecule has 0 radical (unpaired) electrons. The van der Waals surface area contributed by atoms with Crippen molar-refractivity contribution in [3.05, 3.63) is 29.8 Å². The second-order valence-corrected chi connectivity index (χ2v) is 6.72. The highest BCUT2D eigenvalue weighted by atomic mass is 15.4. The molecule has 1 fully saturated rings. The van der Waals surface area contributed by atoms with E-state index in [0.29, 0.717) is 5.96 Å². The van der Waals surface area contributed by atoms with E-state index in [4.69, 9.17) is 5.73 Å². The van der Waals surface area contributed by atoms with Crippen LogP contribution in [0, 0.1) is 18.8 Å². The Morgan fingerprint density at radius 1 is 1.25 bits per heavy atom. The molecular formula is C17H25N3. The van der Waals surface area contributed by atoms with E-state index in [9.17, 15) is 0 Å². The average Bonchev–Trinajstić information content (AvgIpc) is 2.73. The van der Waals surface area contributed by atoms with Gasteiger partial charge in [-0.2, -0.15) is 0 Å². The minimum absolute atomic E-state index is 0.113. The molecule has 0 bridgehead atoms. The topological polar surface area (TPSA) is 41.6 Å². The summed E-state index contributed by atoms with van der Waals surface area (Å²) < 4.78 is 0. The lowest BCUT2D eigenvalue weighted by molar-refractivity contribution is 0.189. The summed E-state index contributed by atoms with van der Waals surface area (Å²) in [5, 5.41) is 0. The lowest BCUT2D eigenvalue weighted by Crippen LogP contribution is -2.55. The van der Waals surface area contributed by atoms with E-state index >= 15 is 0 Å². The molecule has 1 spiro atoms. The third-order valence-corrected chi connectivity index (χ3v) is 5.33. The number of guanidine groups is 1. The number of nitrogens with two attached hydrogens (primary N) is 1. The van der Waals surface area contributed by atoms with Crippen molar-refractivity contribution in [2.45, 2.75) is 45.6 Å². The number of aliphatic imine (C=N–C) groups is 1.